The van der Waals surface area contributed by atoms with Crippen LogP contribution in [0.2, 0.25) is 0 Å². The van der Waals surface area contributed by atoms with Gasteiger partial charge in [0, 0.05) is 18.7 Å². The zero-order valence-corrected chi connectivity index (χ0v) is 19.7. The molecule has 0 atom stereocenters. The number of fused-ring (bicyclic) bond motifs is 1. The standard InChI is InChI=1S/C22H24N2O6S2/c1-4-30-13-12-24-18-11-8-16(21(26)29-3)14-19(18)31-22(24)23-20(25)15-6-9-17(10-7-15)32(27,28)5-2/h6-11,14H,4-5,12-13H2,1-3H3. The number of hydrogen-bond donors (Lipinski definition) is 0. The van der Waals surface area contributed by atoms with Gasteiger partial charge in [-0.05, 0) is 49.4 Å². The molecule has 0 aliphatic carbocycles. The molecule has 3 aromatic rings. The lowest BCUT2D eigenvalue weighted by molar-refractivity contribution is 0.0600. The first-order valence-corrected chi connectivity index (χ1v) is 12.5. The molecule has 0 unspecified atom stereocenters. The van der Waals surface area contributed by atoms with Crippen LogP contribution < -0.4 is 4.80 Å². The maximum Gasteiger partial charge on any atom is 0.337 e. The number of ether oxygens (including phenoxy) is 2. The zero-order valence-electron chi connectivity index (χ0n) is 18.0. The molecule has 0 radical (unpaired) electrons. The van der Waals surface area contributed by atoms with E-state index < -0.39 is 21.7 Å². The van der Waals surface area contributed by atoms with Crippen molar-refractivity contribution in [3.63, 3.8) is 0 Å². The molecule has 0 spiro atoms. The number of esters is 1. The molecule has 1 heterocycles. The van der Waals surface area contributed by atoms with Gasteiger partial charge in [0.1, 0.15) is 0 Å². The highest BCUT2D eigenvalue weighted by atomic mass is 32.2. The minimum Gasteiger partial charge on any atom is -0.465 e. The van der Waals surface area contributed by atoms with Crippen LogP contribution in [-0.4, -0.2) is 50.9 Å². The number of carbonyl (C=O) groups excluding carboxylic acids is 2. The summed E-state index contributed by atoms with van der Waals surface area (Å²) in [5, 5.41) is 0. The topological polar surface area (TPSA) is 104 Å². The van der Waals surface area contributed by atoms with E-state index in [1.807, 2.05) is 11.5 Å². The number of aromatic nitrogens is 1. The van der Waals surface area contributed by atoms with Gasteiger partial charge < -0.3 is 14.0 Å². The number of hydrogen-bond acceptors (Lipinski definition) is 7. The van der Waals surface area contributed by atoms with Crippen molar-refractivity contribution >= 4 is 43.3 Å². The average molecular weight is 477 g/mol. The van der Waals surface area contributed by atoms with Crippen LogP contribution in [0.4, 0.5) is 0 Å². The average Bonchev–Trinajstić information content (AvgIpc) is 3.14. The molecule has 10 heteroatoms. The van der Waals surface area contributed by atoms with Crippen LogP contribution in [0.1, 0.15) is 34.6 Å². The molecule has 1 amide bonds. The number of benzene rings is 2. The second-order valence-corrected chi connectivity index (χ2v) is 10.0. The van der Waals surface area contributed by atoms with Gasteiger partial charge in [0.25, 0.3) is 5.91 Å². The molecule has 0 fully saturated rings. The lowest BCUT2D eigenvalue weighted by Gasteiger charge is -2.06. The monoisotopic (exact) mass is 476 g/mol. The summed E-state index contributed by atoms with van der Waals surface area (Å²) in [7, 11) is -2.03. The molecule has 0 bridgehead atoms. The largest absolute Gasteiger partial charge is 0.465 e. The number of amides is 1. The number of thiazole rings is 1. The van der Waals surface area contributed by atoms with E-state index in [-0.39, 0.29) is 16.2 Å². The number of rotatable bonds is 8. The molecule has 0 aliphatic rings. The van der Waals surface area contributed by atoms with Crippen molar-refractivity contribution < 1.29 is 27.5 Å². The minimum atomic E-state index is -3.35. The van der Waals surface area contributed by atoms with Gasteiger partial charge >= 0.3 is 5.97 Å². The van der Waals surface area contributed by atoms with Crippen LogP contribution in [-0.2, 0) is 25.9 Å². The predicted octanol–water partition coefficient (Wildman–Crippen LogP) is 3.06. The molecular weight excluding hydrogens is 452 g/mol. The molecule has 0 N–H and O–H groups in total. The van der Waals surface area contributed by atoms with E-state index in [1.165, 1.54) is 42.7 Å². The van der Waals surface area contributed by atoms with Crippen molar-refractivity contribution in [3.05, 3.63) is 58.4 Å². The summed E-state index contributed by atoms with van der Waals surface area (Å²) in [5.41, 5.74) is 1.51. The van der Waals surface area contributed by atoms with Crippen LogP contribution in [0.3, 0.4) is 0 Å². The SMILES string of the molecule is CCOCCn1c(=NC(=O)c2ccc(S(=O)(=O)CC)cc2)sc2cc(C(=O)OC)ccc21. The Bertz CT molecular complexity index is 1300. The maximum absolute atomic E-state index is 12.8. The van der Waals surface area contributed by atoms with Crippen molar-refractivity contribution in [2.45, 2.75) is 25.3 Å². The summed E-state index contributed by atoms with van der Waals surface area (Å²) in [4.78, 5) is 29.6. The highest BCUT2D eigenvalue weighted by Crippen LogP contribution is 2.20. The van der Waals surface area contributed by atoms with E-state index in [2.05, 4.69) is 4.99 Å². The molecule has 1 aromatic heterocycles. The maximum atomic E-state index is 12.8. The number of sulfone groups is 1. The number of carbonyl (C=O) groups is 2. The Kier molecular flexibility index (Phi) is 7.60. The fourth-order valence-electron chi connectivity index (χ4n) is 3.04. The normalized spacial score (nSPS) is 12.3. The van der Waals surface area contributed by atoms with Crippen molar-refractivity contribution in [1.82, 2.24) is 4.57 Å². The van der Waals surface area contributed by atoms with Crippen molar-refractivity contribution in [3.8, 4) is 0 Å². The molecule has 8 nitrogen and oxygen atoms in total. The Balaban J connectivity index is 2.03. The number of nitrogens with zero attached hydrogens (tertiary/aromatic N) is 2. The summed E-state index contributed by atoms with van der Waals surface area (Å²) in [6.07, 6.45) is 0. The molecule has 2 aromatic carbocycles. The third-order valence-corrected chi connectivity index (χ3v) is 7.60. The van der Waals surface area contributed by atoms with Crippen molar-refractivity contribution in [2.75, 3.05) is 26.1 Å². The lowest BCUT2D eigenvalue weighted by Crippen LogP contribution is -2.19. The minimum absolute atomic E-state index is 0.0140. The first-order chi connectivity index (χ1) is 15.3. The predicted molar refractivity (Wildman–Crippen MR) is 122 cm³/mol. The summed E-state index contributed by atoms with van der Waals surface area (Å²) in [6.45, 7) is 4.94. The third-order valence-electron chi connectivity index (χ3n) is 4.80. The molecule has 0 saturated heterocycles. The fraction of sp³-hybridized carbons (Fsp3) is 0.318. The molecule has 170 valence electrons. The first kappa shape index (κ1) is 23.8. The van der Waals surface area contributed by atoms with E-state index in [1.54, 1.807) is 25.1 Å². The van der Waals surface area contributed by atoms with Crippen LogP contribution >= 0.6 is 11.3 Å². The second-order valence-electron chi connectivity index (χ2n) is 6.75. The Labute approximate surface area is 190 Å². The lowest BCUT2D eigenvalue weighted by atomic mass is 10.2. The highest BCUT2D eigenvalue weighted by Gasteiger charge is 2.15. The molecule has 0 aliphatic heterocycles. The third kappa shape index (κ3) is 5.14. The van der Waals surface area contributed by atoms with E-state index in [4.69, 9.17) is 9.47 Å². The highest BCUT2D eigenvalue weighted by molar-refractivity contribution is 7.91. The fourth-order valence-corrected chi connectivity index (χ4v) is 5.02. The Morgan fingerprint density at radius 1 is 1.06 bits per heavy atom. The van der Waals surface area contributed by atoms with Crippen LogP contribution in [0, 0.1) is 0 Å². The van der Waals surface area contributed by atoms with Gasteiger partial charge in [-0.2, -0.15) is 4.99 Å². The van der Waals surface area contributed by atoms with Gasteiger partial charge in [0.05, 0.1) is 40.1 Å². The zero-order chi connectivity index (χ0) is 23.3. The summed E-state index contributed by atoms with van der Waals surface area (Å²) < 4.78 is 36.9. The Morgan fingerprint density at radius 3 is 2.38 bits per heavy atom. The number of methoxy groups -OCH3 is 1. The smallest absolute Gasteiger partial charge is 0.337 e. The van der Waals surface area contributed by atoms with Gasteiger partial charge in [-0.15, -0.1) is 0 Å². The van der Waals surface area contributed by atoms with E-state index in [0.29, 0.717) is 30.1 Å². The van der Waals surface area contributed by atoms with Crippen molar-refractivity contribution in [2.24, 2.45) is 4.99 Å². The first-order valence-electron chi connectivity index (χ1n) is 10.0. The van der Waals surface area contributed by atoms with Crippen LogP contribution in [0.25, 0.3) is 10.2 Å². The van der Waals surface area contributed by atoms with Crippen molar-refractivity contribution in [1.29, 1.82) is 0 Å². The molecule has 3 rings (SSSR count). The van der Waals surface area contributed by atoms with E-state index in [9.17, 15) is 18.0 Å². The summed E-state index contributed by atoms with van der Waals surface area (Å²) >= 11 is 1.27. The van der Waals surface area contributed by atoms with Crippen LogP contribution in [0.15, 0.2) is 52.4 Å². The van der Waals surface area contributed by atoms with Gasteiger partial charge in [-0.3, -0.25) is 4.79 Å². The summed E-state index contributed by atoms with van der Waals surface area (Å²) in [6, 6.07) is 10.9. The molecular formula is C22H24N2O6S2. The molecule has 32 heavy (non-hydrogen) atoms. The summed E-state index contributed by atoms with van der Waals surface area (Å²) in [5.74, 6) is -0.951. The van der Waals surface area contributed by atoms with Crippen LogP contribution in [0.5, 0.6) is 0 Å². The van der Waals surface area contributed by atoms with Gasteiger partial charge in [0.2, 0.25) is 0 Å². The molecule has 0 saturated carbocycles. The van der Waals surface area contributed by atoms with Gasteiger partial charge in [-0.25, -0.2) is 13.2 Å². The Morgan fingerprint density at radius 2 is 1.75 bits per heavy atom. The quantitative estimate of drug-likeness (QED) is 0.366. The second kappa shape index (κ2) is 10.2. The van der Waals surface area contributed by atoms with Gasteiger partial charge in [0.15, 0.2) is 14.6 Å². The van der Waals surface area contributed by atoms with E-state index >= 15 is 0 Å². The van der Waals surface area contributed by atoms with E-state index in [0.717, 1.165) is 10.2 Å². The Hall–Kier alpha value is -2.82. The van der Waals surface area contributed by atoms with Gasteiger partial charge in [-0.1, -0.05) is 18.3 Å².